The zero-order valence-electron chi connectivity index (χ0n) is 12.7. The Morgan fingerprint density at radius 2 is 2.29 bits per heavy atom. The zero-order chi connectivity index (χ0) is 15.2. The third-order valence-electron chi connectivity index (χ3n) is 3.48. The molecular weight excluding hydrogens is 304 g/mol. The molecule has 0 bridgehead atoms. The van der Waals surface area contributed by atoms with Gasteiger partial charge in [0.15, 0.2) is 5.78 Å². The summed E-state index contributed by atoms with van der Waals surface area (Å²) in [6, 6.07) is 0. The maximum atomic E-state index is 11.9. The van der Waals surface area contributed by atoms with Gasteiger partial charge in [-0.25, -0.2) is 0 Å². The van der Waals surface area contributed by atoms with Crippen molar-refractivity contribution < 1.29 is 9.53 Å². The van der Waals surface area contributed by atoms with E-state index in [1.54, 1.807) is 11.8 Å². The number of nitrogen functional groups attached to an aromatic ring is 1. The Bertz CT molecular complexity index is 484. The molecule has 6 heteroatoms. The molecule has 1 aliphatic rings. The Kier molecular flexibility index (Phi) is 6.39. The van der Waals surface area contributed by atoms with Crippen molar-refractivity contribution in [3.8, 4) is 0 Å². The molecule has 1 heterocycles. The molecule has 1 saturated carbocycles. The third-order valence-corrected chi connectivity index (χ3v) is 5.65. The molecule has 1 aromatic rings. The molecule has 1 fully saturated rings. The highest BCUT2D eigenvalue weighted by Gasteiger charge is 2.21. The molecule has 0 spiro atoms. The highest BCUT2D eigenvalue weighted by atomic mass is 32.2. The van der Waals surface area contributed by atoms with Crippen LogP contribution >= 0.6 is 23.1 Å². The van der Waals surface area contributed by atoms with Gasteiger partial charge in [0.25, 0.3) is 0 Å². The van der Waals surface area contributed by atoms with Crippen LogP contribution in [0, 0.1) is 5.92 Å². The number of hydrogen-bond donors (Lipinski definition) is 2. The fraction of sp³-hybridized carbons (Fsp3) is 0.667. The van der Waals surface area contributed by atoms with Crippen molar-refractivity contribution in [1.82, 2.24) is 0 Å². The van der Waals surface area contributed by atoms with E-state index in [9.17, 15) is 4.79 Å². The molecule has 4 nitrogen and oxygen atoms in total. The monoisotopic (exact) mass is 328 g/mol. The average Bonchev–Trinajstić information content (AvgIpc) is 3.25. The number of anilines is 2. The van der Waals surface area contributed by atoms with Crippen LogP contribution in [-0.2, 0) is 4.74 Å². The van der Waals surface area contributed by atoms with E-state index >= 15 is 0 Å². The molecule has 1 aliphatic carbocycles. The summed E-state index contributed by atoms with van der Waals surface area (Å²) in [6.07, 6.45) is 6.11. The number of ketones is 1. The lowest BCUT2D eigenvalue weighted by atomic mass is 10.2. The Morgan fingerprint density at radius 1 is 1.52 bits per heavy atom. The molecule has 2 rings (SSSR count). The Labute approximate surface area is 134 Å². The van der Waals surface area contributed by atoms with E-state index in [4.69, 9.17) is 10.5 Å². The number of Topliss-reactive ketones (excluding diaryl/α,β-unsaturated/α-hetero) is 1. The molecule has 118 valence electrons. The third kappa shape index (κ3) is 4.63. The maximum Gasteiger partial charge on any atom is 0.174 e. The van der Waals surface area contributed by atoms with Crippen LogP contribution in [0.3, 0.4) is 0 Å². The summed E-state index contributed by atoms with van der Waals surface area (Å²) in [5.74, 6) is 0.939. The number of nitrogens with one attached hydrogen (secondary N) is 1. The molecule has 0 radical (unpaired) electrons. The van der Waals surface area contributed by atoms with E-state index in [0.29, 0.717) is 17.0 Å². The van der Waals surface area contributed by atoms with E-state index in [0.717, 1.165) is 42.0 Å². The Morgan fingerprint density at radius 3 is 2.90 bits per heavy atom. The maximum absolute atomic E-state index is 11.9. The van der Waals surface area contributed by atoms with Crippen LogP contribution in [0.2, 0.25) is 0 Å². The summed E-state index contributed by atoms with van der Waals surface area (Å²) in [7, 11) is 0. The zero-order valence-corrected chi connectivity index (χ0v) is 14.4. The fourth-order valence-corrected chi connectivity index (χ4v) is 4.10. The first-order valence-corrected chi connectivity index (χ1v) is 9.52. The second kappa shape index (κ2) is 8.06. The van der Waals surface area contributed by atoms with Gasteiger partial charge in [-0.15, -0.1) is 23.1 Å². The summed E-state index contributed by atoms with van der Waals surface area (Å²) in [6.45, 7) is 4.42. The topological polar surface area (TPSA) is 64.3 Å². The van der Waals surface area contributed by atoms with Gasteiger partial charge in [0.05, 0.1) is 15.5 Å². The van der Waals surface area contributed by atoms with Gasteiger partial charge >= 0.3 is 0 Å². The second-order valence-electron chi connectivity index (χ2n) is 5.28. The molecular formula is C15H24N2O2S2. The minimum absolute atomic E-state index is 0.119. The average molecular weight is 329 g/mol. The number of nitrogens with two attached hydrogens (primary N) is 1. The molecule has 0 unspecified atom stereocenters. The van der Waals surface area contributed by atoms with Crippen LogP contribution in [-0.4, -0.2) is 31.8 Å². The van der Waals surface area contributed by atoms with Crippen molar-refractivity contribution >= 4 is 39.6 Å². The van der Waals surface area contributed by atoms with Crippen molar-refractivity contribution in [3.05, 3.63) is 4.88 Å². The van der Waals surface area contributed by atoms with Crippen molar-refractivity contribution in [2.75, 3.05) is 37.1 Å². The fourth-order valence-electron chi connectivity index (χ4n) is 2.03. The van der Waals surface area contributed by atoms with Crippen molar-refractivity contribution in [2.45, 2.75) is 37.5 Å². The number of carbonyl (C=O) groups excluding carboxylic acids is 1. The molecule has 21 heavy (non-hydrogen) atoms. The normalized spacial score (nSPS) is 14.4. The van der Waals surface area contributed by atoms with Crippen LogP contribution in [0.1, 0.15) is 42.3 Å². The van der Waals surface area contributed by atoms with E-state index < -0.39 is 0 Å². The molecule has 0 atom stereocenters. The number of ether oxygens (including phenoxy) is 1. The molecule has 3 N–H and O–H groups in total. The van der Waals surface area contributed by atoms with Gasteiger partial charge in [0, 0.05) is 26.2 Å². The summed E-state index contributed by atoms with van der Waals surface area (Å²) in [4.78, 5) is 13.6. The van der Waals surface area contributed by atoms with Crippen LogP contribution in [0.5, 0.6) is 0 Å². The lowest BCUT2D eigenvalue weighted by Gasteiger charge is -2.06. The van der Waals surface area contributed by atoms with E-state index in [2.05, 4.69) is 5.32 Å². The van der Waals surface area contributed by atoms with Crippen LogP contribution < -0.4 is 11.1 Å². The van der Waals surface area contributed by atoms with Crippen LogP contribution in [0.25, 0.3) is 0 Å². The first-order chi connectivity index (χ1) is 10.2. The number of hydrogen-bond acceptors (Lipinski definition) is 6. The van der Waals surface area contributed by atoms with Gasteiger partial charge in [0.2, 0.25) is 0 Å². The SMILES string of the molecule is CCC(=O)c1sc(NCCCOCC2CC2)c(SC)c1N. The molecule has 0 aliphatic heterocycles. The quantitative estimate of drug-likeness (QED) is 0.388. The highest BCUT2D eigenvalue weighted by molar-refractivity contribution is 7.99. The molecule has 0 amide bonds. The van der Waals surface area contributed by atoms with Gasteiger partial charge in [-0.3, -0.25) is 4.79 Å². The van der Waals surface area contributed by atoms with E-state index in [1.165, 1.54) is 24.2 Å². The number of carbonyl (C=O) groups is 1. The van der Waals surface area contributed by atoms with Gasteiger partial charge in [0.1, 0.15) is 5.00 Å². The first kappa shape index (κ1) is 16.6. The predicted octanol–water partition coefficient (Wildman–Crippen LogP) is 3.87. The Hall–Kier alpha value is -0.720. The summed E-state index contributed by atoms with van der Waals surface area (Å²) in [5, 5.41) is 4.41. The second-order valence-corrected chi connectivity index (χ2v) is 7.12. The summed E-state index contributed by atoms with van der Waals surface area (Å²) in [5.41, 5.74) is 6.72. The lowest BCUT2D eigenvalue weighted by Crippen LogP contribution is -2.06. The molecule has 1 aromatic heterocycles. The van der Waals surface area contributed by atoms with Gasteiger partial charge in [-0.05, 0) is 31.4 Å². The van der Waals surface area contributed by atoms with Crippen molar-refractivity contribution in [1.29, 1.82) is 0 Å². The van der Waals surface area contributed by atoms with Gasteiger partial charge in [-0.1, -0.05) is 6.92 Å². The van der Waals surface area contributed by atoms with Gasteiger partial charge in [-0.2, -0.15) is 0 Å². The van der Waals surface area contributed by atoms with Crippen molar-refractivity contribution in [3.63, 3.8) is 0 Å². The van der Waals surface area contributed by atoms with E-state index in [-0.39, 0.29) is 5.78 Å². The minimum Gasteiger partial charge on any atom is -0.396 e. The van der Waals surface area contributed by atoms with Gasteiger partial charge < -0.3 is 15.8 Å². The smallest absolute Gasteiger partial charge is 0.174 e. The van der Waals surface area contributed by atoms with E-state index in [1.807, 2.05) is 13.2 Å². The summed E-state index contributed by atoms with van der Waals surface area (Å²) < 4.78 is 5.62. The van der Waals surface area contributed by atoms with Crippen LogP contribution in [0.15, 0.2) is 4.90 Å². The summed E-state index contributed by atoms with van der Waals surface area (Å²) >= 11 is 3.07. The minimum atomic E-state index is 0.119. The number of thioether (sulfide) groups is 1. The number of thiophene rings is 1. The standard InChI is InChI=1S/C15H24N2O2S2/c1-3-11(18)13-12(16)14(20-2)15(21-13)17-7-4-8-19-9-10-5-6-10/h10,17H,3-9,16H2,1-2H3. The largest absolute Gasteiger partial charge is 0.396 e. The molecule has 0 saturated heterocycles. The highest BCUT2D eigenvalue weighted by Crippen LogP contribution is 2.42. The molecule has 0 aromatic carbocycles. The van der Waals surface area contributed by atoms with Crippen LogP contribution in [0.4, 0.5) is 10.7 Å². The Balaban J connectivity index is 1.81. The number of rotatable bonds is 10. The predicted molar refractivity (Wildman–Crippen MR) is 91.8 cm³/mol. The first-order valence-electron chi connectivity index (χ1n) is 7.48. The lowest BCUT2D eigenvalue weighted by molar-refractivity contribution is 0.0992. The van der Waals surface area contributed by atoms with Crippen molar-refractivity contribution in [2.24, 2.45) is 5.92 Å².